The Balaban J connectivity index is 1.82. The first-order valence-electron chi connectivity index (χ1n) is 8.55. The van der Waals surface area contributed by atoms with Gasteiger partial charge in [0, 0.05) is 36.3 Å². The van der Waals surface area contributed by atoms with Gasteiger partial charge in [-0.05, 0) is 30.3 Å². The molecule has 0 bridgehead atoms. The first-order chi connectivity index (χ1) is 12.9. The van der Waals surface area contributed by atoms with Crippen molar-refractivity contribution in [1.29, 1.82) is 0 Å². The maximum Gasteiger partial charge on any atom is 0.292 e. The molecule has 0 radical (unpaired) electrons. The van der Waals surface area contributed by atoms with E-state index in [0.717, 1.165) is 0 Å². The third-order valence-electron chi connectivity index (χ3n) is 3.73. The van der Waals surface area contributed by atoms with E-state index in [9.17, 15) is 19.7 Å². The lowest BCUT2D eigenvalue weighted by atomic mass is 10.2. The third-order valence-corrected chi connectivity index (χ3v) is 3.73. The summed E-state index contributed by atoms with van der Waals surface area (Å²) < 4.78 is 0. The Hall–Kier alpha value is -3.42. The van der Waals surface area contributed by atoms with E-state index in [1.165, 1.54) is 6.07 Å². The zero-order valence-electron chi connectivity index (χ0n) is 15.2. The number of amides is 2. The van der Waals surface area contributed by atoms with Crippen LogP contribution in [0.3, 0.4) is 0 Å². The van der Waals surface area contributed by atoms with Gasteiger partial charge in [-0.2, -0.15) is 0 Å². The molecule has 2 amide bonds. The van der Waals surface area contributed by atoms with E-state index < -0.39 is 4.92 Å². The summed E-state index contributed by atoms with van der Waals surface area (Å²) in [4.78, 5) is 34.1. The molecule has 142 valence electrons. The van der Waals surface area contributed by atoms with E-state index in [0.29, 0.717) is 17.1 Å². The number of nitrogens with one attached hydrogen (secondary N) is 3. The Labute approximate surface area is 157 Å². The highest BCUT2D eigenvalue weighted by Gasteiger charge is 2.12. The lowest BCUT2D eigenvalue weighted by molar-refractivity contribution is -0.384. The fourth-order valence-corrected chi connectivity index (χ4v) is 2.24. The number of rotatable bonds is 8. The van der Waals surface area contributed by atoms with Gasteiger partial charge >= 0.3 is 0 Å². The second kappa shape index (κ2) is 9.33. The van der Waals surface area contributed by atoms with Crippen LogP contribution < -0.4 is 16.0 Å². The van der Waals surface area contributed by atoms with Gasteiger partial charge in [0.05, 0.1) is 4.92 Å². The van der Waals surface area contributed by atoms with Crippen molar-refractivity contribution in [2.75, 3.05) is 22.5 Å². The van der Waals surface area contributed by atoms with Crippen molar-refractivity contribution in [2.45, 2.75) is 20.3 Å². The van der Waals surface area contributed by atoms with Crippen molar-refractivity contribution >= 4 is 34.6 Å². The first kappa shape index (κ1) is 19.9. The topological polar surface area (TPSA) is 113 Å². The number of hydrogen-bond acceptors (Lipinski definition) is 5. The van der Waals surface area contributed by atoms with Gasteiger partial charge in [0.15, 0.2) is 0 Å². The average Bonchev–Trinajstić information content (AvgIpc) is 2.63. The Morgan fingerprint density at radius 2 is 1.59 bits per heavy atom. The molecule has 0 aliphatic carbocycles. The van der Waals surface area contributed by atoms with Crippen LogP contribution >= 0.6 is 0 Å². The van der Waals surface area contributed by atoms with Crippen LogP contribution in [0.25, 0.3) is 0 Å². The molecule has 8 heteroatoms. The maximum atomic E-state index is 12.0. The summed E-state index contributed by atoms with van der Waals surface area (Å²) in [6.07, 6.45) is 0.151. The summed E-state index contributed by atoms with van der Waals surface area (Å²) in [5.74, 6) is -0.412. The third kappa shape index (κ3) is 6.10. The molecule has 0 atom stereocenters. The fourth-order valence-electron chi connectivity index (χ4n) is 2.24. The summed E-state index contributed by atoms with van der Waals surface area (Å²) >= 11 is 0. The fraction of sp³-hybridized carbons (Fsp3) is 0.263. The second-order valence-corrected chi connectivity index (χ2v) is 6.22. The van der Waals surface area contributed by atoms with Gasteiger partial charge in [-0.15, -0.1) is 0 Å². The minimum atomic E-state index is -0.470. The van der Waals surface area contributed by atoms with Crippen LogP contribution in [-0.2, 0) is 9.59 Å². The zero-order chi connectivity index (χ0) is 19.8. The van der Waals surface area contributed by atoms with E-state index in [1.54, 1.807) is 42.5 Å². The van der Waals surface area contributed by atoms with Crippen molar-refractivity contribution < 1.29 is 14.5 Å². The SMILES string of the molecule is CC(C)C(=O)Nc1ccc(NC(=O)CCNc2ccccc2[N+](=O)[O-])cc1. The van der Waals surface area contributed by atoms with Crippen LogP contribution in [0.2, 0.25) is 0 Å². The standard InChI is InChI=1S/C19H22N4O4/c1-13(2)19(25)22-15-9-7-14(8-10-15)21-18(24)11-12-20-16-5-3-4-6-17(16)23(26)27/h3-10,13,20H,11-12H2,1-2H3,(H,21,24)(H,22,25). The van der Waals surface area contributed by atoms with Gasteiger partial charge in [0.25, 0.3) is 5.69 Å². The molecule has 0 fully saturated rings. The van der Waals surface area contributed by atoms with Crippen LogP contribution in [0.4, 0.5) is 22.7 Å². The number of nitrogens with zero attached hydrogens (tertiary/aromatic N) is 1. The molecule has 0 saturated heterocycles. The molecular weight excluding hydrogens is 348 g/mol. The molecule has 2 aromatic rings. The number of benzene rings is 2. The highest BCUT2D eigenvalue weighted by atomic mass is 16.6. The Morgan fingerprint density at radius 1 is 1.00 bits per heavy atom. The quantitative estimate of drug-likeness (QED) is 0.485. The van der Waals surface area contributed by atoms with E-state index in [2.05, 4.69) is 16.0 Å². The molecule has 0 saturated carbocycles. The summed E-state index contributed by atoms with van der Waals surface area (Å²) in [7, 11) is 0. The molecule has 2 aromatic carbocycles. The predicted octanol–water partition coefficient (Wildman–Crippen LogP) is 3.63. The molecule has 0 aliphatic rings. The summed E-state index contributed by atoms with van der Waals surface area (Å²) in [5, 5.41) is 19.4. The maximum absolute atomic E-state index is 12.0. The van der Waals surface area contributed by atoms with Gasteiger partial charge in [-0.3, -0.25) is 19.7 Å². The Kier molecular flexibility index (Phi) is 6.87. The number of para-hydroxylation sites is 2. The predicted molar refractivity (Wildman–Crippen MR) is 105 cm³/mol. The Bertz CT molecular complexity index is 819. The van der Waals surface area contributed by atoms with Gasteiger partial charge in [-0.25, -0.2) is 0 Å². The number of nitro groups is 1. The smallest absolute Gasteiger partial charge is 0.292 e. The first-order valence-corrected chi connectivity index (χ1v) is 8.55. The zero-order valence-corrected chi connectivity index (χ0v) is 15.2. The molecule has 8 nitrogen and oxygen atoms in total. The Morgan fingerprint density at radius 3 is 2.19 bits per heavy atom. The van der Waals surface area contributed by atoms with Crippen molar-refractivity contribution in [3.63, 3.8) is 0 Å². The lowest BCUT2D eigenvalue weighted by Crippen LogP contribution is -2.18. The van der Waals surface area contributed by atoms with Gasteiger partial charge in [0.1, 0.15) is 5.69 Å². The molecule has 0 aliphatic heterocycles. The molecule has 0 spiro atoms. The largest absolute Gasteiger partial charge is 0.379 e. The number of hydrogen-bond donors (Lipinski definition) is 3. The minimum Gasteiger partial charge on any atom is -0.379 e. The van der Waals surface area contributed by atoms with Gasteiger partial charge < -0.3 is 16.0 Å². The lowest BCUT2D eigenvalue weighted by Gasteiger charge is -2.10. The summed E-state index contributed by atoms with van der Waals surface area (Å²) in [6.45, 7) is 3.88. The number of nitro benzene ring substituents is 1. The van der Waals surface area contributed by atoms with Crippen LogP contribution in [-0.4, -0.2) is 23.3 Å². The summed E-state index contributed by atoms with van der Waals surface area (Å²) in [6, 6.07) is 13.1. The molecule has 0 aromatic heterocycles. The van der Waals surface area contributed by atoms with E-state index in [1.807, 2.05) is 13.8 Å². The molecule has 0 heterocycles. The van der Waals surface area contributed by atoms with Gasteiger partial charge in [-0.1, -0.05) is 26.0 Å². The number of anilines is 3. The van der Waals surface area contributed by atoms with Crippen LogP contribution in [0.15, 0.2) is 48.5 Å². The average molecular weight is 370 g/mol. The van der Waals surface area contributed by atoms with Gasteiger partial charge in [0.2, 0.25) is 11.8 Å². The number of carbonyl (C=O) groups excluding carboxylic acids is 2. The van der Waals surface area contributed by atoms with Crippen molar-refractivity contribution in [3.05, 3.63) is 58.6 Å². The van der Waals surface area contributed by atoms with Crippen molar-refractivity contribution in [2.24, 2.45) is 5.92 Å². The monoisotopic (exact) mass is 370 g/mol. The van der Waals surface area contributed by atoms with Crippen LogP contribution in [0.5, 0.6) is 0 Å². The molecule has 3 N–H and O–H groups in total. The minimum absolute atomic E-state index is 0.0306. The number of carbonyl (C=O) groups is 2. The van der Waals surface area contributed by atoms with E-state index in [4.69, 9.17) is 0 Å². The van der Waals surface area contributed by atoms with Crippen molar-refractivity contribution in [1.82, 2.24) is 0 Å². The highest BCUT2D eigenvalue weighted by Crippen LogP contribution is 2.23. The molecule has 2 rings (SSSR count). The summed E-state index contributed by atoms with van der Waals surface area (Å²) in [5.41, 5.74) is 1.61. The molecular formula is C19H22N4O4. The second-order valence-electron chi connectivity index (χ2n) is 6.22. The molecule has 27 heavy (non-hydrogen) atoms. The normalized spacial score (nSPS) is 10.3. The van der Waals surface area contributed by atoms with E-state index >= 15 is 0 Å². The van der Waals surface area contributed by atoms with Crippen LogP contribution in [0.1, 0.15) is 20.3 Å². The van der Waals surface area contributed by atoms with Crippen molar-refractivity contribution in [3.8, 4) is 0 Å². The van der Waals surface area contributed by atoms with Crippen LogP contribution in [0, 0.1) is 16.0 Å². The molecule has 0 unspecified atom stereocenters. The highest BCUT2D eigenvalue weighted by molar-refractivity contribution is 5.93. The van der Waals surface area contributed by atoms with E-state index in [-0.39, 0.29) is 36.4 Å².